The van der Waals surface area contributed by atoms with Crippen LogP contribution in [-0.4, -0.2) is 17.7 Å². The Bertz CT molecular complexity index is 222. The first-order valence-electron chi connectivity index (χ1n) is 2.19. The summed E-state index contributed by atoms with van der Waals surface area (Å²) in [6.07, 6.45) is 0. The Balaban J connectivity index is 2.41. The van der Waals surface area contributed by atoms with Crippen LogP contribution in [0.15, 0.2) is 10.8 Å². The average Bonchev–Trinajstić information content (AvgIpc) is 2.12. The molecule has 0 aromatic heterocycles. The molecular formula is C3H4O4S3. The van der Waals surface area contributed by atoms with E-state index < -0.39 is 15.2 Å². The van der Waals surface area contributed by atoms with Crippen molar-refractivity contribution in [1.29, 1.82) is 0 Å². The highest BCUT2D eigenvalue weighted by molar-refractivity contribution is 8.22. The largest absolute Gasteiger partial charge is 0.399 e. The van der Waals surface area contributed by atoms with Crippen molar-refractivity contribution < 1.29 is 17.2 Å². The van der Waals surface area contributed by atoms with Crippen molar-refractivity contribution in [3.8, 4) is 0 Å². The molecule has 10 heavy (non-hydrogen) atoms. The zero-order valence-electron chi connectivity index (χ0n) is 4.63. The summed E-state index contributed by atoms with van der Waals surface area (Å²) in [6, 6.07) is 0. The topological polar surface area (TPSA) is 63.6 Å². The van der Waals surface area contributed by atoms with Crippen LogP contribution < -0.4 is 0 Å². The van der Waals surface area contributed by atoms with Crippen LogP contribution in [-0.2, 0) is 14.6 Å². The van der Waals surface area contributed by atoms with E-state index >= 15 is 0 Å². The van der Waals surface area contributed by atoms with Gasteiger partial charge in [0.05, 0.1) is 0 Å². The lowest BCUT2D eigenvalue weighted by molar-refractivity contribution is 0.298. The lowest BCUT2D eigenvalue weighted by Crippen LogP contribution is -2.08. The molecule has 1 heterocycles. The van der Waals surface area contributed by atoms with Gasteiger partial charge in [0.1, 0.15) is 0 Å². The molecule has 4 nitrogen and oxygen atoms in total. The number of hydrogen-bond acceptors (Lipinski definition) is 5. The van der Waals surface area contributed by atoms with Gasteiger partial charge in [-0.3, -0.25) is 4.55 Å². The summed E-state index contributed by atoms with van der Waals surface area (Å²) in [5.74, 6) is 0. The Morgan fingerprint density at radius 1 is 1.40 bits per heavy atom. The van der Waals surface area contributed by atoms with Crippen LogP contribution in [0.3, 0.4) is 0 Å². The lowest BCUT2D eigenvalue weighted by Gasteiger charge is -2.03. The summed E-state index contributed by atoms with van der Waals surface area (Å²) >= 11 is 2.38. The van der Waals surface area contributed by atoms with Gasteiger partial charge in [-0.05, 0) is 10.8 Å². The summed E-state index contributed by atoms with van der Waals surface area (Å²) in [6.45, 7) is 0. The molecule has 7 heteroatoms. The van der Waals surface area contributed by atoms with E-state index in [0.29, 0.717) is 0 Å². The maximum atomic E-state index is 10.1. The zero-order chi connectivity index (χ0) is 7.61. The van der Waals surface area contributed by atoms with E-state index in [1.54, 1.807) is 10.8 Å². The summed E-state index contributed by atoms with van der Waals surface area (Å²) in [4.78, 5) is 0. The first-order chi connectivity index (χ1) is 4.58. The SMILES string of the molecule is O=S(=O)(O)OC1SC=CS1. The Labute approximate surface area is 67.0 Å². The molecule has 0 unspecified atom stereocenters. The lowest BCUT2D eigenvalue weighted by atomic mass is 11.3. The summed E-state index contributed by atoms with van der Waals surface area (Å²) in [7, 11) is -4.29. The minimum Gasteiger partial charge on any atom is -0.263 e. The van der Waals surface area contributed by atoms with Gasteiger partial charge in [-0.1, -0.05) is 23.5 Å². The molecule has 1 aliphatic rings. The molecule has 0 radical (unpaired) electrons. The van der Waals surface area contributed by atoms with Crippen LogP contribution >= 0.6 is 23.5 Å². The van der Waals surface area contributed by atoms with Gasteiger partial charge in [0, 0.05) is 0 Å². The maximum absolute atomic E-state index is 10.1. The second-order valence-electron chi connectivity index (χ2n) is 1.36. The third-order valence-electron chi connectivity index (χ3n) is 0.635. The summed E-state index contributed by atoms with van der Waals surface area (Å²) in [5.41, 5.74) is 0. The Morgan fingerprint density at radius 2 is 1.90 bits per heavy atom. The van der Waals surface area contributed by atoms with Crippen LogP contribution in [0.2, 0.25) is 0 Å². The molecule has 0 amide bonds. The van der Waals surface area contributed by atoms with E-state index in [2.05, 4.69) is 4.18 Å². The molecule has 0 aliphatic carbocycles. The number of rotatable bonds is 2. The molecular weight excluding hydrogens is 196 g/mol. The fourth-order valence-electron chi connectivity index (χ4n) is 0.369. The van der Waals surface area contributed by atoms with Crippen LogP contribution in [0, 0.1) is 0 Å². The van der Waals surface area contributed by atoms with Crippen LogP contribution in [0.4, 0.5) is 0 Å². The number of thioether (sulfide) groups is 2. The zero-order valence-corrected chi connectivity index (χ0v) is 7.08. The van der Waals surface area contributed by atoms with Gasteiger partial charge in [0.25, 0.3) is 0 Å². The predicted molar refractivity (Wildman–Crippen MR) is 40.7 cm³/mol. The average molecular weight is 200 g/mol. The first-order valence-corrected chi connectivity index (χ1v) is 5.45. The van der Waals surface area contributed by atoms with Crippen molar-refractivity contribution in [2.75, 3.05) is 0 Å². The fraction of sp³-hybridized carbons (Fsp3) is 0.333. The smallest absolute Gasteiger partial charge is 0.263 e. The van der Waals surface area contributed by atoms with E-state index in [9.17, 15) is 8.42 Å². The van der Waals surface area contributed by atoms with E-state index in [0.717, 1.165) is 0 Å². The maximum Gasteiger partial charge on any atom is 0.399 e. The molecule has 0 saturated carbocycles. The molecule has 1 rings (SSSR count). The normalized spacial score (nSPS) is 20.1. The summed E-state index contributed by atoms with van der Waals surface area (Å²) < 4.78 is 31.9. The van der Waals surface area contributed by atoms with E-state index in [-0.39, 0.29) is 0 Å². The Morgan fingerprint density at radius 3 is 2.30 bits per heavy atom. The second kappa shape index (κ2) is 3.14. The third-order valence-corrected chi connectivity index (χ3v) is 3.38. The predicted octanol–water partition coefficient (Wildman–Crippen LogP) is 1.04. The van der Waals surface area contributed by atoms with Gasteiger partial charge in [-0.25, -0.2) is 4.18 Å². The standard InChI is InChI=1S/C3H4O4S3/c4-10(5,6)7-3-8-1-2-9-3/h1-3H,(H,4,5,6). The molecule has 0 fully saturated rings. The minimum absolute atomic E-state index is 0.560. The van der Waals surface area contributed by atoms with Crippen molar-refractivity contribution in [2.24, 2.45) is 0 Å². The van der Waals surface area contributed by atoms with Crippen molar-refractivity contribution in [3.05, 3.63) is 10.8 Å². The summed E-state index contributed by atoms with van der Waals surface area (Å²) in [5, 5.41) is 3.39. The van der Waals surface area contributed by atoms with Crippen molar-refractivity contribution in [2.45, 2.75) is 4.77 Å². The van der Waals surface area contributed by atoms with Gasteiger partial charge < -0.3 is 0 Å². The third kappa shape index (κ3) is 2.93. The first kappa shape index (κ1) is 8.41. The highest BCUT2D eigenvalue weighted by Gasteiger charge is 2.18. The molecule has 0 saturated heterocycles. The highest BCUT2D eigenvalue weighted by Crippen LogP contribution is 2.34. The van der Waals surface area contributed by atoms with Crippen LogP contribution in [0.5, 0.6) is 0 Å². The molecule has 0 spiro atoms. The molecule has 0 aromatic carbocycles. The van der Waals surface area contributed by atoms with Gasteiger partial charge >= 0.3 is 10.4 Å². The monoisotopic (exact) mass is 200 g/mol. The van der Waals surface area contributed by atoms with Gasteiger partial charge in [0.2, 0.25) is 0 Å². The van der Waals surface area contributed by atoms with Gasteiger partial charge in [-0.2, -0.15) is 8.42 Å². The van der Waals surface area contributed by atoms with Gasteiger partial charge in [0.15, 0.2) is 4.77 Å². The van der Waals surface area contributed by atoms with Gasteiger partial charge in [-0.15, -0.1) is 0 Å². The molecule has 1 aliphatic heterocycles. The Kier molecular flexibility index (Phi) is 2.64. The Hall–Kier alpha value is 0.310. The van der Waals surface area contributed by atoms with Crippen LogP contribution in [0.25, 0.3) is 0 Å². The van der Waals surface area contributed by atoms with Crippen LogP contribution in [0.1, 0.15) is 0 Å². The quantitative estimate of drug-likeness (QED) is 0.672. The van der Waals surface area contributed by atoms with E-state index in [1.165, 1.54) is 23.5 Å². The molecule has 0 bridgehead atoms. The van der Waals surface area contributed by atoms with E-state index in [4.69, 9.17) is 4.55 Å². The van der Waals surface area contributed by atoms with E-state index in [1.807, 2.05) is 0 Å². The van der Waals surface area contributed by atoms with Crippen molar-refractivity contribution in [3.63, 3.8) is 0 Å². The van der Waals surface area contributed by atoms with Crippen molar-refractivity contribution >= 4 is 33.9 Å². The molecule has 0 atom stereocenters. The minimum atomic E-state index is -4.29. The highest BCUT2D eigenvalue weighted by atomic mass is 32.3. The number of hydrogen-bond donors (Lipinski definition) is 1. The molecule has 0 aromatic rings. The molecule has 1 N–H and O–H groups in total. The molecule has 58 valence electrons. The van der Waals surface area contributed by atoms with Crippen molar-refractivity contribution in [1.82, 2.24) is 0 Å². The fourth-order valence-corrected chi connectivity index (χ4v) is 2.94. The second-order valence-corrected chi connectivity index (χ2v) is 4.65.